The summed E-state index contributed by atoms with van der Waals surface area (Å²) in [6.07, 6.45) is 1.46. The molecule has 1 aromatic heterocycles. The van der Waals surface area contributed by atoms with Crippen molar-refractivity contribution < 1.29 is 18.5 Å². The summed E-state index contributed by atoms with van der Waals surface area (Å²) < 4.78 is 31.2. The Hall–Kier alpha value is -3.19. The van der Waals surface area contributed by atoms with Gasteiger partial charge in [-0.25, -0.2) is 8.78 Å². The molecule has 2 aromatic carbocycles. The second-order valence-electron chi connectivity index (χ2n) is 7.10. The summed E-state index contributed by atoms with van der Waals surface area (Å²) in [5, 5.41) is 21.6. The normalized spacial score (nSPS) is 13.7. The van der Waals surface area contributed by atoms with Gasteiger partial charge in [-0.05, 0) is 30.0 Å². The molecule has 0 aliphatic carbocycles. The van der Waals surface area contributed by atoms with Crippen LogP contribution in [-0.4, -0.2) is 50.2 Å². The fourth-order valence-electron chi connectivity index (χ4n) is 3.23. The molecule has 0 bridgehead atoms. The molecular weight excluding hydrogens is 474 g/mol. The number of rotatable bonds is 6. The second-order valence-corrected chi connectivity index (χ2v) is 9.34. The largest absolute Gasteiger partial charge is 0.370 e. The molecule has 0 unspecified atom stereocenters. The van der Waals surface area contributed by atoms with Gasteiger partial charge in [-0.15, -0.1) is 10.2 Å². The Balaban J connectivity index is 1.64. The average molecular weight is 493 g/mol. The molecule has 0 radical (unpaired) electrons. The van der Waals surface area contributed by atoms with Crippen LogP contribution < -0.4 is 10.2 Å². The lowest BCUT2D eigenvalue weighted by atomic mass is 10.1. The van der Waals surface area contributed by atoms with Gasteiger partial charge in [0.2, 0.25) is 0 Å². The minimum Gasteiger partial charge on any atom is -0.370 e. The molecule has 13 heteroatoms. The maximum atomic E-state index is 14.8. The molecule has 0 spiro atoms. The molecule has 2 heterocycles. The molecule has 1 saturated heterocycles. The number of aryl methyl sites for hydroxylation is 1. The summed E-state index contributed by atoms with van der Waals surface area (Å²) in [6.45, 7) is 1.34. The van der Waals surface area contributed by atoms with Crippen molar-refractivity contribution in [2.24, 2.45) is 7.05 Å². The van der Waals surface area contributed by atoms with Gasteiger partial charge < -0.3 is 14.8 Å². The molecule has 4 rings (SSSR count). The minimum absolute atomic E-state index is 0.117. The van der Waals surface area contributed by atoms with Gasteiger partial charge >= 0.3 is 0 Å². The molecule has 1 amide bonds. The first-order valence-electron chi connectivity index (χ1n) is 9.77. The first-order valence-corrected chi connectivity index (χ1v) is 11.7. The van der Waals surface area contributed by atoms with Crippen LogP contribution in [0.1, 0.15) is 10.4 Å². The summed E-state index contributed by atoms with van der Waals surface area (Å²) in [6, 6.07) is 6.04. The number of amides is 1. The number of hydrogen-bond donors (Lipinski definition) is 1. The fourth-order valence-corrected chi connectivity index (χ4v) is 5.00. The van der Waals surface area contributed by atoms with Crippen molar-refractivity contribution in [2.45, 2.75) is 10.1 Å². The maximum absolute atomic E-state index is 14.8. The van der Waals surface area contributed by atoms with Crippen molar-refractivity contribution in [3.63, 3.8) is 0 Å². The highest BCUT2D eigenvalue weighted by atomic mass is 32.2. The van der Waals surface area contributed by atoms with Gasteiger partial charge in [-0.1, -0.05) is 0 Å². The number of nitrogens with zero attached hydrogens (tertiary/aromatic N) is 5. The lowest BCUT2D eigenvalue weighted by Crippen LogP contribution is -2.32. The third-order valence-electron chi connectivity index (χ3n) is 4.93. The van der Waals surface area contributed by atoms with E-state index in [1.807, 2.05) is 4.90 Å². The molecule has 0 saturated carbocycles. The SMILES string of the molecule is Cn1cnnc1Sc1ccc([N+](=O)[O-])cc1C(=O)Nc1c(F)cc(N2CCSCC2)cc1F. The Kier molecular flexibility index (Phi) is 6.79. The van der Waals surface area contributed by atoms with Gasteiger partial charge in [0.05, 0.1) is 10.5 Å². The van der Waals surface area contributed by atoms with E-state index in [0.29, 0.717) is 28.8 Å². The molecule has 1 N–H and O–H groups in total. The van der Waals surface area contributed by atoms with E-state index < -0.39 is 28.2 Å². The quantitative estimate of drug-likeness (QED) is 0.407. The van der Waals surface area contributed by atoms with E-state index in [1.54, 1.807) is 23.4 Å². The van der Waals surface area contributed by atoms with E-state index >= 15 is 0 Å². The zero-order chi connectivity index (χ0) is 23.5. The Bertz CT molecular complexity index is 1190. The molecule has 1 aliphatic rings. The zero-order valence-electron chi connectivity index (χ0n) is 17.3. The van der Waals surface area contributed by atoms with Crippen molar-refractivity contribution >= 4 is 46.5 Å². The first-order chi connectivity index (χ1) is 15.8. The molecular formula is C20H18F2N6O3S2. The number of thioether (sulfide) groups is 1. The molecule has 1 fully saturated rings. The summed E-state index contributed by atoms with van der Waals surface area (Å²) >= 11 is 2.82. The highest BCUT2D eigenvalue weighted by molar-refractivity contribution is 7.99. The number of hydrogen-bond acceptors (Lipinski definition) is 8. The fraction of sp³-hybridized carbons (Fsp3) is 0.250. The van der Waals surface area contributed by atoms with Crippen molar-refractivity contribution in [1.82, 2.24) is 14.8 Å². The smallest absolute Gasteiger partial charge is 0.270 e. The van der Waals surface area contributed by atoms with Crippen molar-refractivity contribution in [1.29, 1.82) is 0 Å². The van der Waals surface area contributed by atoms with E-state index in [0.717, 1.165) is 29.3 Å². The van der Waals surface area contributed by atoms with Crippen molar-refractivity contribution in [3.8, 4) is 0 Å². The number of carbonyl (C=O) groups excluding carboxylic acids is 1. The Morgan fingerprint density at radius 2 is 1.91 bits per heavy atom. The van der Waals surface area contributed by atoms with Crippen LogP contribution in [0.25, 0.3) is 0 Å². The van der Waals surface area contributed by atoms with Gasteiger partial charge in [0.25, 0.3) is 11.6 Å². The predicted octanol–water partition coefficient (Wildman–Crippen LogP) is 3.96. The zero-order valence-corrected chi connectivity index (χ0v) is 19.0. The number of nitro benzene ring substituents is 1. The van der Waals surface area contributed by atoms with Crippen LogP contribution in [0.3, 0.4) is 0 Å². The molecule has 3 aromatic rings. The highest BCUT2D eigenvalue weighted by Crippen LogP contribution is 2.33. The number of nitrogens with one attached hydrogen (secondary N) is 1. The van der Waals surface area contributed by atoms with Gasteiger partial charge in [-0.3, -0.25) is 14.9 Å². The molecule has 172 valence electrons. The number of carbonyl (C=O) groups is 1. The topological polar surface area (TPSA) is 106 Å². The summed E-state index contributed by atoms with van der Waals surface area (Å²) in [5.74, 6) is -1.02. The van der Waals surface area contributed by atoms with E-state index in [4.69, 9.17) is 0 Å². The second kappa shape index (κ2) is 9.75. The summed E-state index contributed by atoms with van der Waals surface area (Å²) in [7, 11) is 1.70. The Morgan fingerprint density at radius 1 is 1.21 bits per heavy atom. The molecule has 1 aliphatic heterocycles. The highest BCUT2D eigenvalue weighted by Gasteiger charge is 2.23. The monoisotopic (exact) mass is 492 g/mol. The Morgan fingerprint density at radius 3 is 2.52 bits per heavy atom. The standard InChI is InChI=1S/C20H18F2N6O3S2/c1-26-11-23-25-20(26)33-17-3-2-12(28(30)31)8-14(17)19(29)24-18-15(21)9-13(10-16(18)22)27-4-6-32-7-5-27/h2-3,8-11H,4-7H2,1H3,(H,24,29). The van der Waals surface area contributed by atoms with E-state index in [-0.39, 0.29) is 11.3 Å². The van der Waals surface area contributed by atoms with Crippen LogP contribution in [0.2, 0.25) is 0 Å². The van der Waals surface area contributed by atoms with Crippen LogP contribution in [0.15, 0.2) is 46.7 Å². The lowest BCUT2D eigenvalue weighted by molar-refractivity contribution is -0.384. The number of halogens is 2. The molecule has 33 heavy (non-hydrogen) atoms. The maximum Gasteiger partial charge on any atom is 0.270 e. The van der Waals surface area contributed by atoms with Crippen LogP contribution in [0.5, 0.6) is 0 Å². The third-order valence-corrected chi connectivity index (χ3v) is 7.00. The number of non-ortho nitro benzene ring substituents is 1. The Labute approximate surface area is 195 Å². The average Bonchev–Trinajstić information content (AvgIpc) is 3.21. The number of benzene rings is 2. The van der Waals surface area contributed by atoms with E-state index in [1.165, 1.54) is 30.6 Å². The van der Waals surface area contributed by atoms with Crippen molar-refractivity contribution in [3.05, 3.63) is 64.0 Å². The van der Waals surface area contributed by atoms with E-state index in [2.05, 4.69) is 15.5 Å². The van der Waals surface area contributed by atoms with Crippen molar-refractivity contribution in [2.75, 3.05) is 34.8 Å². The van der Waals surface area contributed by atoms with Gasteiger partial charge in [0.1, 0.15) is 12.0 Å². The van der Waals surface area contributed by atoms with Gasteiger partial charge in [-0.2, -0.15) is 11.8 Å². The summed E-state index contributed by atoms with van der Waals surface area (Å²) in [4.78, 5) is 25.7. The van der Waals surface area contributed by atoms with Gasteiger partial charge in [0.15, 0.2) is 16.8 Å². The number of nitro groups is 1. The lowest BCUT2D eigenvalue weighted by Gasteiger charge is -2.28. The summed E-state index contributed by atoms with van der Waals surface area (Å²) in [5.41, 5.74) is -0.664. The molecule has 9 nitrogen and oxygen atoms in total. The van der Waals surface area contributed by atoms with Crippen LogP contribution in [0.4, 0.5) is 25.8 Å². The number of aromatic nitrogens is 3. The van der Waals surface area contributed by atoms with Crippen LogP contribution in [0, 0.1) is 21.7 Å². The van der Waals surface area contributed by atoms with Crippen LogP contribution >= 0.6 is 23.5 Å². The molecule has 0 atom stereocenters. The number of anilines is 2. The van der Waals surface area contributed by atoms with Crippen LogP contribution in [-0.2, 0) is 7.05 Å². The first kappa shape index (κ1) is 23.0. The predicted molar refractivity (Wildman–Crippen MR) is 122 cm³/mol. The third kappa shape index (κ3) is 5.09. The minimum atomic E-state index is -0.926. The van der Waals surface area contributed by atoms with Gasteiger partial charge in [0, 0.05) is 54.4 Å². The van der Waals surface area contributed by atoms with E-state index in [9.17, 15) is 23.7 Å².